The molecule has 0 aromatic heterocycles. The average Bonchev–Trinajstić information content (AvgIpc) is 3.45. The van der Waals surface area contributed by atoms with Gasteiger partial charge in [-0.05, 0) is 102 Å². The molecule has 38 heavy (non-hydrogen) atoms. The minimum absolute atomic E-state index is 0.158. The van der Waals surface area contributed by atoms with Crippen LogP contribution in [0.5, 0.6) is 11.5 Å². The fraction of sp³-hybridized carbons (Fsp3) is 0.286. The second-order valence-electron chi connectivity index (χ2n) is 9.50. The number of phenolic OH excluding ortho intramolecular Hbond substituents is 2. The van der Waals surface area contributed by atoms with E-state index in [9.17, 15) is 19.8 Å². The summed E-state index contributed by atoms with van der Waals surface area (Å²) in [4.78, 5) is 35.2. The Balaban J connectivity index is 1.13. The molecule has 0 bridgehead atoms. The molecule has 2 heterocycles. The number of rotatable bonds is 6. The highest BCUT2D eigenvalue weighted by Crippen LogP contribution is 2.32. The van der Waals surface area contributed by atoms with Crippen LogP contribution in [0.25, 0.3) is 12.2 Å². The van der Waals surface area contributed by atoms with Gasteiger partial charge in [0.1, 0.15) is 11.5 Å². The summed E-state index contributed by atoms with van der Waals surface area (Å²) in [5, 5.41) is 25.8. The Kier molecular flexibility index (Phi) is 8.19. The highest BCUT2D eigenvalue weighted by molar-refractivity contribution is 8.19. The van der Waals surface area contributed by atoms with E-state index in [1.165, 1.54) is 23.5 Å². The van der Waals surface area contributed by atoms with Gasteiger partial charge in [0, 0.05) is 13.1 Å². The molecule has 2 unspecified atom stereocenters. The lowest BCUT2D eigenvalue weighted by atomic mass is 9.81. The third-order valence-corrected chi connectivity index (χ3v) is 8.46. The molecule has 2 aromatic carbocycles. The van der Waals surface area contributed by atoms with Crippen molar-refractivity contribution in [3.05, 3.63) is 69.5 Å². The zero-order valence-corrected chi connectivity index (χ0v) is 22.2. The normalized spacial score (nSPS) is 25.9. The third-order valence-electron chi connectivity index (χ3n) is 6.56. The van der Waals surface area contributed by atoms with Crippen LogP contribution in [0.4, 0.5) is 0 Å². The van der Waals surface area contributed by atoms with Crippen molar-refractivity contribution in [1.82, 2.24) is 10.6 Å². The third kappa shape index (κ3) is 6.87. The number of aromatic hydroxyl groups is 2. The maximum Gasteiger partial charge on any atom is 0.264 e. The molecule has 2 aromatic rings. The first-order valence-corrected chi connectivity index (χ1v) is 14.1. The second-order valence-corrected chi connectivity index (χ2v) is 11.6. The number of hydrogen-bond donors (Lipinski definition) is 4. The van der Waals surface area contributed by atoms with Gasteiger partial charge in [0.25, 0.3) is 11.8 Å². The largest absolute Gasteiger partial charge is 0.508 e. The van der Waals surface area contributed by atoms with E-state index < -0.39 is 0 Å². The van der Waals surface area contributed by atoms with Crippen LogP contribution in [0.3, 0.4) is 0 Å². The molecule has 196 valence electrons. The Morgan fingerprint density at radius 3 is 1.58 bits per heavy atom. The summed E-state index contributed by atoms with van der Waals surface area (Å²) in [5.74, 6) is 0.922. The first kappa shape index (κ1) is 26.1. The summed E-state index contributed by atoms with van der Waals surface area (Å²) in [6, 6.07) is 13.4. The van der Waals surface area contributed by atoms with E-state index in [-0.39, 0.29) is 23.3 Å². The standard InChI is InChI=1S/C28H28N4O4S2/c33-21-8-4-17(5-9-21)13-23-25(35)31-27(37-23)29-15-19-2-1-3-20(12-19)16-30-28-32-26(36)24(38-28)14-18-6-10-22(34)11-7-18/h4-11,13-14,19-20,33-34H,1-3,12,15-16H2,(H,29,31,35)(H,30,32,36)/b23-13-,24-14-. The molecular weight excluding hydrogens is 520 g/mol. The average molecular weight is 549 g/mol. The molecule has 2 saturated heterocycles. The van der Waals surface area contributed by atoms with Gasteiger partial charge in [-0.3, -0.25) is 19.6 Å². The van der Waals surface area contributed by atoms with Crippen LogP contribution >= 0.6 is 23.5 Å². The SMILES string of the molecule is O=C1NC(=NCC2CCCC(CN=C3NC(=O)/C(=C/c4ccc(O)cc4)S3)C2)S/C1=C\c1ccc(O)cc1. The fourth-order valence-electron chi connectivity index (χ4n) is 4.60. The van der Waals surface area contributed by atoms with Crippen LogP contribution in [0.1, 0.15) is 36.8 Å². The Morgan fingerprint density at radius 2 is 1.16 bits per heavy atom. The highest BCUT2D eigenvalue weighted by Gasteiger charge is 2.27. The lowest BCUT2D eigenvalue weighted by molar-refractivity contribution is -0.116. The summed E-state index contributed by atoms with van der Waals surface area (Å²) in [5.41, 5.74) is 1.69. The van der Waals surface area contributed by atoms with Gasteiger partial charge in [-0.25, -0.2) is 0 Å². The Labute approximate surface area is 229 Å². The predicted octanol–water partition coefficient (Wildman–Crippen LogP) is 4.72. The van der Waals surface area contributed by atoms with Gasteiger partial charge in [-0.2, -0.15) is 0 Å². The predicted molar refractivity (Wildman–Crippen MR) is 154 cm³/mol. The summed E-state index contributed by atoms with van der Waals surface area (Å²) in [6.45, 7) is 1.32. The molecule has 2 aliphatic heterocycles. The van der Waals surface area contributed by atoms with E-state index in [0.29, 0.717) is 45.1 Å². The van der Waals surface area contributed by atoms with Crippen molar-refractivity contribution >= 4 is 57.8 Å². The summed E-state index contributed by atoms with van der Waals surface area (Å²) < 4.78 is 0. The van der Waals surface area contributed by atoms with Crippen LogP contribution in [0.15, 0.2) is 68.3 Å². The highest BCUT2D eigenvalue weighted by atomic mass is 32.2. The zero-order valence-electron chi connectivity index (χ0n) is 20.6. The number of hydrogen-bond acceptors (Lipinski definition) is 8. The van der Waals surface area contributed by atoms with Crippen molar-refractivity contribution in [2.45, 2.75) is 25.7 Å². The van der Waals surface area contributed by atoms with Gasteiger partial charge in [0.2, 0.25) is 0 Å². The molecule has 10 heteroatoms. The first-order valence-electron chi connectivity index (χ1n) is 12.5. The molecular formula is C28H28N4O4S2. The minimum atomic E-state index is -0.158. The monoisotopic (exact) mass is 548 g/mol. The molecule has 2 atom stereocenters. The number of amidine groups is 2. The van der Waals surface area contributed by atoms with Gasteiger partial charge < -0.3 is 20.8 Å². The van der Waals surface area contributed by atoms with E-state index in [4.69, 9.17) is 0 Å². The molecule has 4 N–H and O–H groups in total. The Morgan fingerprint density at radius 1 is 0.737 bits per heavy atom. The zero-order chi connectivity index (χ0) is 26.5. The van der Waals surface area contributed by atoms with Gasteiger partial charge in [0.05, 0.1) is 9.81 Å². The van der Waals surface area contributed by atoms with E-state index in [1.807, 2.05) is 0 Å². The lowest BCUT2D eigenvalue weighted by Gasteiger charge is -2.27. The number of thioether (sulfide) groups is 2. The molecule has 5 rings (SSSR count). The van der Waals surface area contributed by atoms with Gasteiger partial charge >= 0.3 is 0 Å². The summed E-state index contributed by atoms with van der Waals surface area (Å²) in [7, 11) is 0. The molecule has 1 aliphatic carbocycles. The first-order chi connectivity index (χ1) is 18.4. The van der Waals surface area contributed by atoms with E-state index in [0.717, 1.165) is 36.8 Å². The van der Waals surface area contributed by atoms with E-state index in [1.54, 1.807) is 60.7 Å². The number of carbonyl (C=O) groups is 2. The molecule has 8 nitrogen and oxygen atoms in total. The lowest BCUT2D eigenvalue weighted by Crippen LogP contribution is -2.24. The van der Waals surface area contributed by atoms with Crippen molar-refractivity contribution in [3.63, 3.8) is 0 Å². The number of benzene rings is 2. The Bertz CT molecular complexity index is 1230. The van der Waals surface area contributed by atoms with Crippen molar-refractivity contribution in [2.75, 3.05) is 13.1 Å². The number of carbonyl (C=O) groups excluding carboxylic acids is 2. The van der Waals surface area contributed by atoms with Gasteiger partial charge in [0.15, 0.2) is 10.3 Å². The molecule has 0 radical (unpaired) electrons. The number of amides is 2. The van der Waals surface area contributed by atoms with E-state index >= 15 is 0 Å². The molecule has 3 fully saturated rings. The number of nitrogens with zero attached hydrogens (tertiary/aromatic N) is 2. The smallest absolute Gasteiger partial charge is 0.264 e. The molecule has 0 spiro atoms. The maximum atomic E-state index is 12.3. The number of aliphatic imine (C=N–C) groups is 2. The summed E-state index contributed by atoms with van der Waals surface area (Å²) >= 11 is 2.68. The number of phenols is 2. The van der Waals surface area contributed by atoms with Crippen molar-refractivity contribution in [3.8, 4) is 11.5 Å². The van der Waals surface area contributed by atoms with Gasteiger partial charge in [-0.15, -0.1) is 0 Å². The molecule has 3 aliphatic rings. The van der Waals surface area contributed by atoms with Crippen LogP contribution in [0.2, 0.25) is 0 Å². The van der Waals surface area contributed by atoms with Crippen LogP contribution in [0, 0.1) is 11.8 Å². The molecule has 2 amide bonds. The van der Waals surface area contributed by atoms with Crippen LogP contribution < -0.4 is 10.6 Å². The van der Waals surface area contributed by atoms with Gasteiger partial charge in [-0.1, -0.05) is 30.7 Å². The quantitative estimate of drug-likeness (QED) is 0.387. The minimum Gasteiger partial charge on any atom is -0.508 e. The second kappa shape index (κ2) is 11.9. The van der Waals surface area contributed by atoms with Crippen molar-refractivity contribution < 1.29 is 19.8 Å². The fourth-order valence-corrected chi connectivity index (χ4v) is 6.26. The number of nitrogens with one attached hydrogen (secondary N) is 2. The maximum absolute atomic E-state index is 12.3. The van der Waals surface area contributed by atoms with Crippen molar-refractivity contribution in [2.24, 2.45) is 21.8 Å². The molecule has 1 saturated carbocycles. The Hall–Kier alpha value is -3.50. The van der Waals surface area contributed by atoms with E-state index in [2.05, 4.69) is 20.6 Å². The topological polar surface area (TPSA) is 123 Å². The van der Waals surface area contributed by atoms with Crippen LogP contribution in [-0.2, 0) is 9.59 Å². The summed E-state index contributed by atoms with van der Waals surface area (Å²) in [6.07, 6.45) is 7.92. The van der Waals surface area contributed by atoms with Crippen LogP contribution in [-0.4, -0.2) is 45.5 Å². The van der Waals surface area contributed by atoms with Crippen molar-refractivity contribution in [1.29, 1.82) is 0 Å².